The number of aryl methyl sites for hydroxylation is 1. The monoisotopic (exact) mass is 178 g/mol. The summed E-state index contributed by atoms with van der Waals surface area (Å²) in [6.45, 7) is 0. The van der Waals surface area contributed by atoms with E-state index in [0.717, 1.165) is 0 Å². The first-order valence-corrected chi connectivity index (χ1v) is 3.58. The topological polar surface area (TPSA) is 73.8 Å². The smallest absolute Gasteiger partial charge is 0.291 e. The van der Waals surface area contributed by atoms with Crippen molar-refractivity contribution in [3.05, 3.63) is 18.3 Å². The summed E-state index contributed by atoms with van der Waals surface area (Å²) in [7, 11) is 1.80. The molecule has 13 heavy (non-hydrogen) atoms. The number of aldehydes is 1. The van der Waals surface area contributed by atoms with E-state index in [-0.39, 0.29) is 5.89 Å². The number of hydrogen-bond acceptors (Lipinski definition) is 5. The fourth-order valence-electron chi connectivity index (χ4n) is 0.955. The van der Waals surface area contributed by atoms with Crippen LogP contribution in [-0.2, 0) is 7.05 Å². The van der Waals surface area contributed by atoms with E-state index in [2.05, 4.69) is 19.6 Å². The van der Waals surface area contributed by atoms with Crippen molar-refractivity contribution in [3.63, 3.8) is 0 Å². The van der Waals surface area contributed by atoms with E-state index in [4.69, 9.17) is 0 Å². The summed E-state index contributed by atoms with van der Waals surface area (Å²) in [6.07, 6.45) is 3.87. The van der Waals surface area contributed by atoms with Crippen LogP contribution in [0.1, 0.15) is 10.7 Å². The third kappa shape index (κ3) is 1.22. The number of carbonyl (C=O) groups is 1. The van der Waals surface area contributed by atoms with Crippen LogP contribution in [0.3, 0.4) is 0 Å². The maximum atomic E-state index is 10.3. The van der Waals surface area contributed by atoms with Crippen LogP contribution in [0.4, 0.5) is 0 Å². The van der Waals surface area contributed by atoms with Gasteiger partial charge in [-0.1, -0.05) is 5.16 Å². The normalized spacial score (nSPS) is 10.2. The van der Waals surface area contributed by atoms with Gasteiger partial charge in [-0.05, 0) is 0 Å². The zero-order valence-electron chi connectivity index (χ0n) is 6.84. The molecule has 0 aliphatic carbocycles. The summed E-state index contributed by atoms with van der Waals surface area (Å²) < 4.78 is 6.35. The van der Waals surface area contributed by atoms with E-state index in [0.29, 0.717) is 17.9 Å². The zero-order valence-corrected chi connectivity index (χ0v) is 6.84. The van der Waals surface area contributed by atoms with Crippen molar-refractivity contribution >= 4 is 6.29 Å². The molecule has 0 atom stereocenters. The van der Waals surface area contributed by atoms with Gasteiger partial charge >= 0.3 is 0 Å². The lowest BCUT2D eigenvalue weighted by molar-refractivity contribution is 0.108. The second-order valence-electron chi connectivity index (χ2n) is 2.44. The summed E-state index contributed by atoms with van der Waals surface area (Å²) in [5.74, 6) is 0.837. The first-order chi connectivity index (χ1) is 6.31. The van der Waals surface area contributed by atoms with E-state index in [1.54, 1.807) is 24.0 Å². The van der Waals surface area contributed by atoms with Crippen LogP contribution in [0.15, 0.2) is 16.9 Å². The third-order valence-electron chi connectivity index (χ3n) is 1.56. The summed E-state index contributed by atoms with van der Waals surface area (Å²) in [5, 5.41) is 3.59. The van der Waals surface area contributed by atoms with Crippen LogP contribution in [0.2, 0.25) is 0 Å². The van der Waals surface area contributed by atoms with Crippen LogP contribution >= 0.6 is 0 Å². The van der Waals surface area contributed by atoms with Crippen LogP contribution in [0.25, 0.3) is 11.6 Å². The second kappa shape index (κ2) is 2.81. The minimum Gasteiger partial charge on any atom is -0.331 e. The van der Waals surface area contributed by atoms with Crippen molar-refractivity contribution in [2.24, 2.45) is 7.05 Å². The van der Waals surface area contributed by atoms with E-state index >= 15 is 0 Å². The molecule has 0 bridgehead atoms. The highest BCUT2D eigenvalue weighted by Gasteiger charge is 2.10. The van der Waals surface area contributed by atoms with Gasteiger partial charge in [0, 0.05) is 19.4 Å². The first-order valence-electron chi connectivity index (χ1n) is 3.58. The van der Waals surface area contributed by atoms with Crippen molar-refractivity contribution in [2.45, 2.75) is 0 Å². The highest BCUT2D eigenvalue weighted by molar-refractivity contribution is 5.68. The van der Waals surface area contributed by atoms with Crippen LogP contribution < -0.4 is 0 Å². The fourth-order valence-corrected chi connectivity index (χ4v) is 0.955. The molecule has 2 aromatic heterocycles. The van der Waals surface area contributed by atoms with Gasteiger partial charge in [0.1, 0.15) is 0 Å². The molecule has 0 saturated carbocycles. The van der Waals surface area contributed by atoms with Crippen LogP contribution in [-0.4, -0.2) is 26.0 Å². The highest BCUT2D eigenvalue weighted by Crippen LogP contribution is 2.10. The van der Waals surface area contributed by atoms with Crippen LogP contribution in [0.5, 0.6) is 0 Å². The maximum Gasteiger partial charge on any atom is 0.291 e. The lowest BCUT2D eigenvalue weighted by atomic mass is 10.5. The molecule has 0 aromatic carbocycles. The molecule has 0 N–H and O–H groups in total. The van der Waals surface area contributed by atoms with Crippen molar-refractivity contribution in [1.29, 1.82) is 0 Å². The molecule has 0 saturated heterocycles. The summed E-state index contributed by atoms with van der Waals surface area (Å²) >= 11 is 0. The fraction of sp³-hybridized carbons (Fsp3) is 0.143. The van der Waals surface area contributed by atoms with Gasteiger partial charge in [-0.15, -0.1) is 0 Å². The van der Waals surface area contributed by atoms with Crippen molar-refractivity contribution in [1.82, 2.24) is 19.7 Å². The summed E-state index contributed by atoms with van der Waals surface area (Å²) in [5.41, 5.74) is 0. The van der Waals surface area contributed by atoms with Gasteiger partial charge in [-0.3, -0.25) is 4.79 Å². The predicted molar refractivity (Wildman–Crippen MR) is 41.9 cm³/mol. The minimum absolute atomic E-state index is 0.0435. The SMILES string of the molecule is Cn1ccnc1-c1noc(C=O)n1. The molecule has 0 aliphatic heterocycles. The summed E-state index contributed by atoms with van der Waals surface area (Å²) in [4.78, 5) is 18.0. The Morgan fingerprint density at radius 2 is 2.46 bits per heavy atom. The molecule has 0 fully saturated rings. The van der Waals surface area contributed by atoms with Gasteiger partial charge in [0.15, 0.2) is 5.82 Å². The van der Waals surface area contributed by atoms with E-state index in [9.17, 15) is 4.79 Å². The third-order valence-corrected chi connectivity index (χ3v) is 1.56. The highest BCUT2D eigenvalue weighted by atomic mass is 16.5. The molecule has 0 amide bonds. The number of imidazole rings is 1. The minimum atomic E-state index is -0.0435. The van der Waals surface area contributed by atoms with Gasteiger partial charge in [0.05, 0.1) is 0 Å². The van der Waals surface area contributed by atoms with Gasteiger partial charge in [0.2, 0.25) is 12.1 Å². The Hall–Kier alpha value is -1.98. The number of aromatic nitrogens is 4. The summed E-state index contributed by atoms with van der Waals surface area (Å²) in [6, 6.07) is 0. The molecule has 2 heterocycles. The Labute approximate surface area is 73.2 Å². The maximum absolute atomic E-state index is 10.3. The van der Waals surface area contributed by atoms with E-state index < -0.39 is 0 Å². The van der Waals surface area contributed by atoms with Crippen molar-refractivity contribution in [3.8, 4) is 11.6 Å². The molecule has 6 heteroatoms. The molecule has 66 valence electrons. The van der Waals surface area contributed by atoms with E-state index in [1.807, 2.05) is 0 Å². The molecule has 0 aliphatic rings. The van der Waals surface area contributed by atoms with Gasteiger partial charge < -0.3 is 9.09 Å². The average molecular weight is 178 g/mol. The largest absolute Gasteiger partial charge is 0.331 e. The molecule has 2 aromatic rings. The zero-order chi connectivity index (χ0) is 9.26. The molecule has 2 rings (SSSR count). The molecular formula is C7H6N4O2. The Kier molecular flexibility index (Phi) is 1.66. The van der Waals surface area contributed by atoms with Gasteiger partial charge in [-0.2, -0.15) is 4.98 Å². The average Bonchev–Trinajstić information content (AvgIpc) is 2.71. The number of rotatable bonds is 2. The van der Waals surface area contributed by atoms with E-state index in [1.165, 1.54) is 0 Å². The van der Waals surface area contributed by atoms with Gasteiger partial charge in [-0.25, -0.2) is 4.98 Å². The van der Waals surface area contributed by atoms with Crippen molar-refractivity contribution < 1.29 is 9.32 Å². The molecule has 0 spiro atoms. The quantitative estimate of drug-likeness (QED) is 0.617. The standard InChI is InChI=1S/C7H6N4O2/c1-11-3-2-8-7(11)6-9-5(4-12)13-10-6/h2-4H,1H3. The van der Waals surface area contributed by atoms with Crippen molar-refractivity contribution in [2.75, 3.05) is 0 Å². The Morgan fingerprint density at radius 3 is 3.00 bits per heavy atom. The lowest BCUT2D eigenvalue weighted by Gasteiger charge is -1.92. The molecule has 0 unspecified atom stereocenters. The Balaban J connectivity index is 2.46. The van der Waals surface area contributed by atoms with Gasteiger partial charge in [0.25, 0.3) is 5.89 Å². The number of hydrogen-bond donors (Lipinski definition) is 0. The molecular weight excluding hydrogens is 172 g/mol. The predicted octanol–water partition coefficient (Wildman–Crippen LogP) is 0.283. The first kappa shape index (κ1) is 7.66. The number of carbonyl (C=O) groups excluding carboxylic acids is 1. The molecule has 0 radical (unpaired) electrons. The second-order valence-corrected chi connectivity index (χ2v) is 2.44. The Morgan fingerprint density at radius 1 is 1.62 bits per heavy atom. The molecule has 6 nitrogen and oxygen atoms in total. The van der Waals surface area contributed by atoms with Crippen LogP contribution in [0, 0.1) is 0 Å². The number of nitrogens with zero attached hydrogens (tertiary/aromatic N) is 4. The lowest BCUT2D eigenvalue weighted by Crippen LogP contribution is -1.92. The Bertz CT molecular complexity index is 431.